The number of rotatable bonds is 8. The number of halogens is 1. The average Bonchev–Trinajstić information content (AvgIpc) is 3.39. The highest BCUT2D eigenvalue weighted by Gasteiger charge is 2.23. The van der Waals surface area contributed by atoms with Crippen LogP contribution in [-0.2, 0) is 9.59 Å². The molecule has 0 bridgehead atoms. The second-order valence-corrected chi connectivity index (χ2v) is 7.36. The molecule has 2 amide bonds. The zero-order valence-electron chi connectivity index (χ0n) is 15.9. The van der Waals surface area contributed by atoms with Gasteiger partial charge >= 0.3 is 0 Å². The van der Waals surface area contributed by atoms with Crippen molar-refractivity contribution < 1.29 is 9.59 Å². The highest BCUT2D eigenvalue weighted by Crippen LogP contribution is 2.24. The molecule has 150 valence electrons. The molecule has 28 heavy (non-hydrogen) atoms. The predicted molar refractivity (Wildman–Crippen MR) is 106 cm³/mol. The van der Waals surface area contributed by atoms with Gasteiger partial charge in [0.2, 0.25) is 17.6 Å². The molecule has 0 radical (unpaired) electrons. The molecule has 1 unspecified atom stereocenters. The lowest BCUT2D eigenvalue weighted by Crippen LogP contribution is -2.40. The number of nitrogens with one attached hydrogen (secondary N) is 2. The maximum Gasteiger partial charge on any atom is 0.246 e. The summed E-state index contributed by atoms with van der Waals surface area (Å²) in [6, 6.07) is 6.55. The lowest BCUT2D eigenvalue weighted by molar-refractivity contribution is -0.126. The summed E-state index contributed by atoms with van der Waals surface area (Å²) < 4.78 is 0. The largest absolute Gasteiger partial charge is 0.354 e. The van der Waals surface area contributed by atoms with E-state index in [0.717, 1.165) is 31.2 Å². The summed E-state index contributed by atoms with van der Waals surface area (Å²) in [5, 5.41) is 18.7. The van der Waals surface area contributed by atoms with Crippen LogP contribution in [0.2, 0.25) is 5.02 Å². The number of benzene rings is 1. The van der Waals surface area contributed by atoms with E-state index in [2.05, 4.69) is 26.0 Å². The van der Waals surface area contributed by atoms with Crippen LogP contribution in [0, 0.1) is 5.92 Å². The van der Waals surface area contributed by atoms with Crippen molar-refractivity contribution in [3.8, 4) is 11.4 Å². The van der Waals surface area contributed by atoms with Gasteiger partial charge in [-0.05, 0) is 48.7 Å². The van der Waals surface area contributed by atoms with E-state index in [4.69, 9.17) is 11.6 Å². The molecule has 9 heteroatoms. The monoisotopic (exact) mass is 404 g/mol. The molecule has 1 aliphatic carbocycles. The van der Waals surface area contributed by atoms with Crippen LogP contribution < -0.4 is 10.6 Å². The Morgan fingerprint density at radius 1 is 1.18 bits per heavy atom. The normalized spacial score (nSPS) is 15.4. The standard InChI is InChI=1S/C19H25ClN6O2/c1-2-16(19(28)22-12-11-21-18(27)14-5-3-4-6-14)26-24-17(23-25-26)13-7-9-15(20)10-8-13/h7-10,14,16H,2-6,11-12H2,1H3,(H,21,27)(H,22,28). The summed E-state index contributed by atoms with van der Waals surface area (Å²) in [4.78, 5) is 25.8. The molecule has 2 aromatic rings. The molecular weight excluding hydrogens is 380 g/mol. The lowest BCUT2D eigenvalue weighted by atomic mass is 10.1. The minimum absolute atomic E-state index is 0.0874. The van der Waals surface area contributed by atoms with Gasteiger partial charge in [-0.3, -0.25) is 9.59 Å². The topological polar surface area (TPSA) is 102 Å². The van der Waals surface area contributed by atoms with E-state index in [1.807, 2.05) is 6.92 Å². The van der Waals surface area contributed by atoms with Crippen molar-refractivity contribution in [1.82, 2.24) is 30.8 Å². The number of aromatic nitrogens is 4. The molecule has 1 fully saturated rings. The first-order chi connectivity index (χ1) is 13.6. The Hall–Kier alpha value is -2.48. The Balaban J connectivity index is 1.50. The summed E-state index contributed by atoms with van der Waals surface area (Å²) in [5.41, 5.74) is 0.778. The smallest absolute Gasteiger partial charge is 0.246 e. The van der Waals surface area contributed by atoms with E-state index in [1.54, 1.807) is 24.3 Å². The third-order valence-electron chi connectivity index (χ3n) is 4.95. The van der Waals surface area contributed by atoms with Gasteiger partial charge < -0.3 is 10.6 Å². The van der Waals surface area contributed by atoms with Crippen LogP contribution in [0.5, 0.6) is 0 Å². The Kier molecular flexibility index (Phi) is 6.97. The van der Waals surface area contributed by atoms with Gasteiger partial charge in [0, 0.05) is 29.6 Å². The van der Waals surface area contributed by atoms with E-state index in [-0.39, 0.29) is 17.7 Å². The Labute approximate surface area is 169 Å². The van der Waals surface area contributed by atoms with Gasteiger partial charge in [-0.25, -0.2) is 0 Å². The molecule has 0 spiro atoms. The number of hydrogen-bond donors (Lipinski definition) is 2. The van der Waals surface area contributed by atoms with Gasteiger partial charge in [0.25, 0.3) is 0 Å². The summed E-state index contributed by atoms with van der Waals surface area (Å²) >= 11 is 5.89. The van der Waals surface area contributed by atoms with Crippen LogP contribution in [0.25, 0.3) is 11.4 Å². The zero-order chi connectivity index (χ0) is 19.9. The molecular formula is C19H25ClN6O2. The van der Waals surface area contributed by atoms with Crippen molar-refractivity contribution >= 4 is 23.4 Å². The first-order valence-corrected chi connectivity index (χ1v) is 10.1. The van der Waals surface area contributed by atoms with Gasteiger partial charge in [0.1, 0.15) is 0 Å². The molecule has 1 aliphatic rings. The molecule has 1 aromatic carbocycles. The Morgan fingerprint density at radius 3 is 2.54 bits per heavy atom. The number of hydrogen-bond acceptors (Lipinski definition) is 5. The molecule has 1 aromatic heterocycles. The van der Waals surface area contributed by atoms with Gasteiger partial charge in [-0.1, -0.05) is 31.4 Å². The first kappa shape index (κ1) is 20.3. The SMILES string of the molecule is CCC(C(=O)NCCNC(=O)C1CCCC1)n1nnc(-c2ccc(Cl)cc2)n1. The average molecular weight is 405 g/mol. The molecule has 0 aliphatic heterocycles. The molecule has 3 rings (SSSR count). The van der Waals surface area contributed by atoms with E-state index in [9.17, 15) is 9.59 Å². The molecule has 8 nitrogen and oxygen atoms in total. The minimum Gasteiger partial charge on any atom is -0.354 e. The second kappa shape index (κ2) is 9.64. The molecule has 1 heterocycles. The van der Waals surface area contributed by atoms with E-state index >= 15 is 0 Å². The fraction of sp³-hybridized carbons (Fsp3) is 0.526. The molecule has 1 saturated carbocycles. The molecule has 1 atom stereocenters. The van der Waals surface area contributed by atoms with Crippen molar-refractivity contribution in [2.45, 2.75) is 45.1 Å². The summed E-state index contributed by atoms with van der Waals surface area (Å²) in [7, 11) is 0. The maximum atomic E-state index is 12.5. The van der Waals surface area contributed by atoms with Crippen LogP contribution in [0.3, 0.4) is 0 Å². The molecule has 0 saturated heterocycles. The highest BCUT2D eigenvalue weighted by atomic mass is 35.5. The molecule has 2 N–H and O–H groups in total. The van der Waals surface area contributed by atoms with Gasteiger partial charge in [-0.15, -0.1) is 10.2 Å². The predicted octanol–water partition coefficient (Wildman–Crippen LogP) is 2.37. The van der Waals surface area contributed by atoms with E-state index in [0.29, 0.717) is 30.4 Å². The van der Waals surface area contributed by atoms with Gasteiger partial charge in [-0.2, -0.15) is 4.80 Å². The quantitative estimate of drug-likeness (QED) is 0.657. The Morgan fingerprint density at radius 2 is 1.86 bits per heavy atom. The van der Waals surface area contributed by atoms with Crippen LogP contribution >= 0.6 is 11.6 Å². The van der Waals surface area contributed by atoms with Crippen molar-refractivity contribution in [3.63, 3.8) is 0 Å². The van der Waals surface area contributed by atoms with Crippen molar-refractivity contribution in [2.24, 2.45) is 5.92 Å². The zero-order valence-corrected chi connectivity index (χ0v) is 16.7. The van der Waals surface area contributed by atoms with Crippen LogP contribution in [0.15, 0.2) is 24.3 Å². The summed E-state index contributed by atoms with van der Waals surface area (Å²) in [5.74, 6) is 0.457. The van der Waals surface area contributed by atoms with Crippen LogP contribution in [-0.4, -0.2) is 45.1 Å². The number of nitrogens with zero attached hydrogens (tertiary/aromatic N) is 4. The second-order valence-electron chi connectivity index (χ2n) is 6.93. The maximum absolute atomic E-state index is 12.5. The Bertz CT molecular complexity index is 801. The first-order valence-electron chi connectivity index (χ1n) is 9.69. The van der Waals surface area contributed by atoms with Crippen molar-refractivity contribution in [2.75, 3.05) is 13.1 Å². The van der Waals surface area contributed by atoms with Crippen molar-refractivity contribution in [1.29, 1.82) is 0 Å². The third-order valence-corrected chi connectivity index (χ3v) is 5.20. The van der Waals surface area contributed by atoms with Crippen LogP contribution in [0.4, 0.5) is 0 Å². The van der Waals surface area contributed by atoms with E-state index < -0.39 is 6.04 Å². The number of amides is 2. The number of tetrazole rings is 1. The number of carbonyl (C=O) groups excluding carboxylic acids is 2. The minimum atomic E-state index is -0.556. The summed E-state index contributed by atoms with van der Waals surface area (Å²) in [6.45, 7) is 2.67. The lowest BCUT2D eigenvalue weighted by Gasteiger charge is -2.14. The fourth-order valence-corrected chi connectivity index (χ4v) is 3.47. The van der Waals surface area contributed by atoms with Gasteiger partial charge in [0.15, 0.2) is 6.04 Å². The summed E-state index contributed by atoms with van der Waals surface area (Å²) in [6.07, 6.45) is 4.69. The third kappa shape index (κ3) is 5.07. The van der Waals surface area contributed by atoms with Crippen molar-refractivity contribution in [3.05, 3.63) is 29.3 Å². The fourth-order valence-electron chi connectivity index (χ4n) is 3.35. The van der Waals surface area contributed by atoms with E-state index in [1.165, 1.54) is 4.80 Å². The van der Waals surface area contributed by atoms with Gasteiger partial charge in [0.05, 0.1) is 0 Å². The number of carbonyl (C=O) groups is 2. The van der Waals surface area contributed by atoms with Crippen LogP contribution in [0.1, 0.15) is 45.1 Å². The highest BCUT2D eigenvalue weighted by molar-refractivity contribution is 6.30.